The van der Waals surface area contributed by atoms with Gasteiger partial charge in [-0.05, 0) is 38.0 Å². The highest BCUT2D eigenvalue weighted by atomic mass is 35.5. The number of nitrogen functional groups attached to an aromatic ring is 1. The molecule has 2 heterocycles. The average molecular weight is 365 g/mol. The van der Waals surface area contributed by atoms with Gasteiger partial charge in [-0.2, -0.15) is 0 Å². The second kappa shape index (κ2) is 6.88. The Bertz CT molecular complexity index is 792. The number of amides is 2. The highest BCUT2D eigenvalue weighted by molar-refractivity contribution is 7.09. The molecule has 3 N–H and O–H groups in total. The standard InChI is InChI=1S/C16H17ClN4O2S/c1-9-8-24-15(19-9)13-3-2-4-21(13)16(23)11-5-10(14(22)20-18)6-12(17)7-11/h5-8,13H,2-4,18H2,1H3,(H,20,22)/t13-/m1/s1. The van der Waals surface area contributed by atoms with Crippen LogP contribution < -0.4 is 11.3 Å². The Kier molecular flexibility index (Phi) is 4.84. The molecule has 0 saturated carbocycles. The summed E-state index contributed by atoms with van der Waals surface area (Å²) < 4.78 is 0. The van der Waals surface area contributed by atoms with E-state index in [0.717, 1.165) is 23.5 Å². The van der Waals surface area contributed by atoms with Gasteiger partial charge in [0.15, 0.2) is 0 Å². The average Bonchev–Trinajstić information content (AvgIpc) is 3.21. The highest BCUT2D eigenvalue weighted by Gasteiger charge is 2.32. The number of aryl methyl sites for hydroxylation is 1. The summed E-state index contributed by atoms with van der Waals surface area (Å²) in [7, 11) is 0. The van der Waals surface area contributed by atoms with Crippen molar-refractivity contribution in [3.8, 4) is 0 Å². The number of halogens is 1. The highest BCUT2D eigenvalue weighted by Crippen LogP contribution is 2.35. The molecule has 24 heavy (non-hydrogen) atoms. The van der Waals surface area contributed by atoms with Gasteiger partial charge in [0.2, 0.25) is 0 Å². The molecule has 126 valence electrons. The van der Waals surface area contributed by atoms with Crippen LogP contribution in [0.25, 0.3) is 0 Å². The number of nitrogens with one attached hydrogen (secondary N) is 1. The summed E-state index contributed by atoms with van der Waals surface area (Å²) in [6.45, 7) is 2.60. The predicted octanol–water partition coefficient (Wildman–Crippen LogP) is 2.69. The maximum atomic E-state index is 12.9. The van der Waals surface area contributed by atoms with Gasteiger partial charge in [-0.1, -0.05) is 11.6 Å². The number of benzene rings is 1. The molecule has 0 spiro atoms. The van der Waals surface area contributed by atoms with Crippen LogP contribution in [-0.2, 0) is 0 Å². The zero-order valence-corrected chi connectivity index (χ0v) is 14.7. The van der Waals surface area contributed by atoms with Gasteiger partial charge in [0.05, 0.1) is 6.04 Å². The molecule has 3 rings (SSSR count). The Hall–Kier alpha value is -1.96. The molecule has 1 aromatic heterocycles. The minimum absolute atomic E-state index is 0.0260. The van der Waals surface area contributed by atoms with Gasteiger partial charge in [-0.3, -0.25) is 15.0 Å². The number of likely N-dealkylation sites (tertiary alicyclic amines) is 1. The van der Waals surface area contributed by atoms with E-state index in [2.05, 4.69) is 10.4 Å². The third kappa shape index (κ3) is 3.28. The lowest BCUT2D eigenvalue weighted by Crippen LogP contribution is -2.32. The number of carbonyl (C=O) groups is 2. The Balaban J connectivity index is 1.90. The Morgan fingerprint density at radius 3 is 2.79 bits per heavy atom. The molecule has 6 nitrogen and oxygen atoms in total. The fourth-order valence-electron chi connectivity index (χ4n) is 2.89. The summed E-state index contributed by atoms with van der Waals surface area (Å²) in [4.78, 5) is 31.0. The van der Waals surface area contributed by atoms with Crippen molar-refractivity contribution in [3.63, 3.8) is 0 Å². The van der Waals surface area contributed by atoms with E-state index >= 15 is 0 Å². The maximum absolute atomic E-state index is 12.9. The molecular weight excluding hydrogens is 348 g/mol. The fourth-order valence-corrected chi connectivity index (χ4v) is 4.06. The molecule has 1 atom stereocenters. The van der Waals surface area contributed by atoms with Gasteiger partial charge in [0, 0.05) is 33.8 Å². The third-order valence-electron chi connectivity index (χ3n) is 3.97. The molecule has 0 bridgehead atoms. The minimum Gasteiger partial charge on any atom is -0.329 e. The van der Waals surface area contributed by atoms with Gasteiger partial charge in [0.1, 0.15) is 5.01 Å². The number of nitrogens with zero attached hydrogens (tertiary/aromatic N) is 2. The topological polar surface area (TPSA) is 88.3 Å². The zero-order chi connectivity index (χ0) is 17.3. The molecule has 8 heteroatoms. The molecule has 0 aliphatic carbocycles. The van der Waals surface area contributed by atoms with E-state index in [0.29, 0.717) is 17.1 Å². The van der Waals surface area contributed by atoms with Crippen LogP contribution in [0.2, 0.25) is 5.02 Å². The third-order valence-corrected chi connectivity index (χ3v) is 5.26. The van der Waals surface area contributed by atoms with Gasteiger partial charge in [-0.25, -0.2) is 10.8 Å². The van der Waals surface area contributed by atoms with Crippen molar-refractivity contribution in [2.75, 3.05) is 6.54 Å². The smallest absolute Gasteiger partial charge is 0.265 e. The van der Waals surface area contributed by atoms with E-state index in [-0.39, 0.29) is 17.5 Å². The lowest BCUT2D eigenvalue weighted by molar-refractivity contribution is 0.0735. The molecule has 0 unspecified atom stereocenters. The minimum atomic E-state index is -0.486. The lowest BCUT2D eigenvalue weighted by atomic mass is 10.1. The summed E-state index contributed by atoms with van der Waals surface area (Å²) in [5, 5.41) is 3.25. The van der Waals surface area contributed by atoms with Crippen LogP contribution in [0.5, 0.6) is 0 Å². The molecule has 0 radical (unpaired) electrons. The lowest BCUT2D eigenvalue weighted by Gasteiger charge is -2.23. The second-order valence-electron chi connectivity index (χ2n) is 5.69. The summed E-state index contributed by atoms with van der Waals surface area (Å²) in [6, 6.07) is 4.53. The second-order valence-corrected chi connectivity index (χ2v) is 7.01. The van der Waals surface area contributed by atoms with Gasteiger partial charge in [0.25, 0.3) is 11.8 Å². The van der Waals surface area contributed by atoms with Gasteiger partial charge in [-0.15, -0.1) is 11.3 Å². The van der Waals surface area contributed by atoms with Crippen molar-refractivity contribution in [2.45, 2.75) is 25.8 Å². The Labute approximate surface area is 148 Å². The van der Waals surface area contributed by atoms with Crippen LogP contribution in [0.1, 0.15) is 50.3 Å². The van der Waals surface area contributed by atoms with E-state index in [1.165, 1.54) is 12.1 Å². The van der Waals surface area contributed by atoms with E-state index in [4.69, 9.17) is 17.4 Å². The van der Waals surface area contributed by atoms with Crippen molar-refractivity contribution in [1.29, 1.82) is 0 Å². The number of hydrogen-bond donors (Lipinski definition) is 2. The Morgan fingerprint density at radius 2 is 2.12 bits per heavy atom. The van der Waals surface area contributed by atoms with Crippen molar-refractivity contribution in [3.05, 3.63) is 50.4 Å². The van der Waals surface area contributed by atoms with E-state index in [9.17, 15) is 9.59 Å². The van der Waals surface area contributed by atoms with Crippen molar-refractivity contribution in [1.82, 2.24) is 15.3 Å². The first kappa shape index (κ1) is 16.9. The molecule has 1 aliphatic rings. The predicted molar refractivity (Wildman–Crippen MR) is 93.0 cm³/mol. The summed E-state index contributed by atoms with van der Waals surface area (Å²) >= 11 is 7.62. The van der Waals surface area contributed by atoms with E-state index < -0.39 is 5.91 Å². The van der Waals surface area contributed by atoms with Crippen molar-refractivity contribution < 1.29 is 9.59 Å². The number of hydrazine groups is 1. The Morgan fingerprint density at radius 1 is 1.38 bits per heavy atom. The van der Waals surface area contributed by atoms with Crippen LogP contribution in [0.4, 0.5) is 0 Å². The monoisotopic (exact) mass is 364 g/mol. The molecular formula is C16H17ClN4O2S. The zero-order valence-electron chi connectivity index (χ0n) is 13.1. The van der Waals surface area contributed by atoms with Crippen LogP contribution in [-0.4, -0.2) is 28.2 Å². The summed E-state index contributed by atoms with van der Waals surface area (Å²) in [5.74, 6) is 4.52. The van der Waals surface area contributed by atoms with E-state index in [1.807, 2.05) is 12.3 Å². The number of nitrogens with two attached hydrogens (primary N) is 1. The van der Waals surface area contributed by atoms with Gasteiger partial charge < -0.3 is 4.90 Å². The number of carbonyl (C=O) groups excluding carboxylic acids is 2. The molecule has 1 saturated heterocycles. The number of aromatic nitrogens is 1. The summed E-state index contributed by atoms with van der Waals surface area (Å²) in [6.07, 6.45) is 1.81. The molecule has 2 aromatic rings. The maximum Gasteiger partial charge on any atom is 0.265 e. The van der Waals surface area contributed by atoms with Crippen LogP contribution >= 0.6 is 22.9 Å². The number of hydrogen-bond acceptors (Lipinski definition) is 5. The van der Waals surface area contributed by atoms with Crippen molar-refractivity contribution in [2.24, 2.45) is 5.84 Å². The largest absolute Gasteiger partial charge is 0.329 e. The number of rotatable bonds is 3. The first-order valence-corrected chi connectivity index (χ1v) is 8.80. The first-order chi connectivity index (χ1) is 11.5. The van der Waals surface area contributed by atoms with Crippen LogP contribution in [0.3, 0.4) is 0 Å². The van der Waals surface area contributed by atoms with Crippen LogP contribution in [0.15, 0.2) is 23.6 Å². The molecule has 1 fully saturated rings. The quantitative estimate of drug-likeness (QED) is 0.498. The molecule has 1 aliphatic heterocycles. The normalized spacial score (nSPS) is 17.1. The fraction of sp³-hybridized carbons (Fsp3) is 0.312. The molecule has 1 aromatic carbocycles. The van der Waals surface area contributed by atoms with Crippen LogP contribution in [0, 0.1) is 6.92 Å². The number of thiazole rings is 1. The summed E-state index contributed by atoms with van der Waals surface area (Å²) in [5.41, 5.74) is 3.64. The SMILES string of the molecule is Cc1csc([C@H]2CCCN2C(=O)c2cc(Cl)cc(C(=O)NN)c2)n1. The first-order valence-electron chi connectivity index (χ1n) is 7.54. The van der Waals surface area contributed by atoms with Gasteiger partial charge >= 0.3 is 0 Å². The van der Waals surface area contributed by atoms with E-state index in [1.54, 1.807) is 22.3 Å². The van der Waals surface area contributed by atoms with Crippen molar-refractivity contribution >= 4 is 34.8 Å². The molecule has 2 amide bonds.